The van der Waals surface area contributed by atoms with Gasteiger partial charge in [-0.15, -0.1) is 0 Å². The minimum atomic E-state index is 0.180. The molecule has 2 rings (SSSR count). The van der Waals surface area contributed by atoms with Gasteiger partial charge >= 0.3 is 0 Å². The third kappa shape index (κ3) is 4.19. The van der Waals surface area contributed by atoms with Gasteiger partial charge in [0.05, 0.1) is 0 Å². The van der Waals surface area contributed by atoms with Crippen molar-refractivity contribution < 1.29 is 4.79 Å². The first-order valence-electron chi connectivity index (χ1n) is 7.45. The summed E-state index contributed by atoms with van der Waals surface area (Å²) in [7, 11) is 1.87. The van der Waals surface area contributed by atoms with Crippen LogP contribution in [0.15, 0.2) is 48.5 Å². The largest absolute Gasteiger partial charge is 0.315 e. The second kappa shape index (κ2) is 7.07. The molecule has 0 N–H and O–H groups in total. The molecule has 0 unspecified atom stereocenters. The lowest BCUT2D eigenvalue weighted by molar-refractivity contribution is -0.118. The normalized spacial score (nSPS) is 10.4. The number of carbonyl (C=O) groups excluding carboxylic acids is 1. The van der Waals surface area contributed by atoms with E-state index in [2.05, 4.69) is 37.3 Å². The average molecular weight is 281 g/mol. The molecule has 2 aromatic carbocycles. The van der Waals surface area contributed by atoms with Gasteiger partial charge in [-0.2, -0.15) is 0 Å². The van der Waals surface area contributed by atoms with E-state index >= 15 is 0 Å². The van der Waals surface area contributed by atoms with E-state index in [1.807, 2.05) is 32.2 Å². The molecule has 0 spiro atoms. The second-order valence-electron chi connectivity index (χ2n) is 5.58. The number of benzene rings is 2. The lowest BCUT2D eigenvalue weighted by atomic mass is 10.1. The summed E-state index contributed by atoms with van der Waals surface area (Å²) in [6, 6.07) is 16.5. The van der Waals surface area contributed by atoms with Crippen LogP contribution >= 0.6 is 0 Å². The molecule has 0 fully saturated rings. The Balaban J connectivity index is 1.92. The molecule has 0 saturated heterocycles. The highest BCUT2D eigenvalue weighted by Crippen LogP contribution is 2.21. The van der Waals surface area contributed by atoms with E-state index in [0.29, 0.717) is 6.42 Å². The SMILES string of the molecule is Cc1ccc(C)c(N(C)C(=O)CCCc2ccccc2)c1. The van der Waals surface area contributed by atoms with Crippen LogP contribution in [0.3, 0.4) is 0 Å². The smallest absolute Gasteiger partial charge is 0.226 e. The predicted octanol–water partition coefficient (Wildman–Crippen LogP) is 4.29. The molecule has 2 nitrogen and oxygen atoms in total. The van der Waals surface area contributed by atoms with Crippen LogP contribution in [0.2, 0.25) is 0 Å². The summed E-state index contributed by atoms with van der Waals surface area (Å²) in [5.74, 6) is 0.180. The van der Waals surface area contributed by atoms with Crippen molar-refractivity contribution in [1.29, 1.82) is 0 Å². The first-order chi connectivity index (χ1) is 10.1. The summed E-state index contributed by atoms with van der Waals surface area (Å²) in [6.45, 7) is 4.10. The Morgan fingerprint density at radius 2 is 1.76 bits per heavy atom. The van der Waals surface area contributed by atoms with Gasteiger partial charge in [-0.05, 0) is 49.4 Å². The average Bonchev–Trinajstić information content (AvgIpc) is 2.50. The topological polar surface area (TPSA) is 20.3 Å². The highest BCUT2D eigenvalue weighted by Gasteiger charge is 2.12. The summed E-state index contributed by atoms with van der Waals surface area (Å²) in [5, 5.41) is 0. The third-order valence-corrected chi connectivity index (χ3v) is 3.80. The lowest BCUT2D eigenvalue weighted by Gasteiger charge is -2.20. The highest BCUT2D eigenvalue weighted by molar-refractivity contribution is 5.93. The zero-order valence-corrected chi connectivity index (χ0v) is 13.1. The van der Waals surface area contributed by atoms with E-state index in [0.717, 1.165) is 24.1 Å². The van der Waals surface area contributed by atoms with Gasteiger partial charge in [-0.3, -0.25) is 4.79 Å². The quantitative estimate of drug-likeness (QED) is 0.800. The molecule has 110 valence electrons. The van der Waals surface area contributed by atoms with E-state index in [1.54, 1.807) is 4.90 Å². The molecule has 0 aliphatic rings. The maximum absolute atomic E-state index is 12.3. The first kappa shape index (κ1) is 15.3. The number of carbonyl (C=O) groups is 1. The Morgan fingerprint density at radius 3 is 2.48 bits per heavy atom. The second-order valence-corrected chi connectivity index (χ2v) is 5.58. The fourth-order valence-corrected chi connectivity index (χ4v) is 2.47. The van der Waals surface area contributed by atoms with Crippen LogP contribution in [0.25, 0.3) is 0 Å². The molecule has 0 aliphatic carbocycles. The van der Waals surface area contributed by atoms with Crippen LogP contribution < -0.4 is 4.90 Å². The number of hydrogen-bond acceptors (Lipinski definition) is 1. The molecule has 0 bridgehead atoms. The highest BCUT2D eigenvalue weighted by atomic mass is 16.2. The Labute approximate surface area is 127 Å². The molecule has 21 heavy (non-hydrogen) atoms. The van der Waals surface area contributed by atoms with Crippen LogP contribution in [-0.2, 0) is 11.2 Å². The summed E-state index contributed by atoms with van der Waals surface area (Å²) < 4.78 is 0. The molecular formula is C19H23NO. The van der Waals surface area contributed by atoms with Gasteiger partial charge in [0.1, 0.15) is 0 Å². The van der Waals surface area contributed by atoms with Gasteiger partial charge in [0.15, 0.2) is 0 Å². The maximum atomic E-state index is 12.3. The zero-order chi connectivity index (χ0) is 15.2. The maximum Gasteiger partial charge on any atom is 0.226 e. The van der Waals surface area contributed by atoms with E-state index < -0.39 is 0 Å². The molecule has 2 aromatic rings. The molecule has 0 aliphatic heterocycles. The predicted molar refractivity (Wildman–Crippen MR) is 88.7 cm³/mol. The minimum absolute atomic E-state index is 0.180. The van der Waals surface area contributed by atoms with Gasteiger partial charge in [-0.25, -0.2) is 0 Å². The monoisotopic (exact) mass is 281 g/mol. The van der Waals surface area contributed by atoms with Crippen LogP contribution in [0.4, 0.5) is 5.69 Å². The molecule has 2 heteroatoms. The van der Waals surface area contributed by atoms with Crippen LogP contribution in [0, 0.1) is 13.8 Å². The van der Waals surface area contributed by atoms with Crippen molar-refractivity contribution in [2.75, 3.05) is 11.9 Å². The van der Waals surface area contributed by atoms with Gasteiger partial charge in [0, 0.05) is 19.2 Å². The summed E-state index contributed by atoms with van der Waals surface area (Å²) in [4.78, 5) is 14.1. The van der Waals surface area contributed by atoms with E-state index in [4.69, 9.17) is 0 Å². The summed E-state index contributed by atoms with van der Waals surface area (Å²) in [5.41, 5.74) is 4.62. The molecule has 0 radical (unpaired) electrons. The summed E-state index contributed by atoms with van der Waals surface area (Å²) in [6.07, 6.45) is 2.42. The fourth-order valence-electron chi connectivity index (χ4n) is 2.47. The van der Waals surface area contributed by atoms with Crippen molar-refractivity contribution in [1.82, 2.24) is 0 Å². The molecule has 1 amide bonds. The number of hydrogen-bond donors (Lipinski definition) is 0. The Bertz CT molecular complexity index is 604. The number of nitrogens with zero attached hydrogens (tertiary/aromatic N) is 1. The lowest BCUT2D eigenvalue weighted by Crippen LogP contribution is -2.26. The van der Waals surface area contributed by atoms with Gasteiger partial charge in [-0.1, -0.05) is 42.5 Å². The number of amides is 1. The first-order valence-corrected chi connectivity index (χ1v) is 7.45. The molecule has 0 saturated carbocycles. The number of anilines is 1. The van der Waals surface area contributed by atoms with E-state index in [-0.39, 0.29) is 5.91 Å². The number of aryl methyl sites for hydroxylation is 3. The minimum Gasteiger partial charge on any atom is -0.315 e. The van der Waals surface area contributed by atoms with Gasteiger partial charge < -0.3 is 4.90 Å². The van der Waals surface area contributed by atoms with Gasteiger partial charge in [0.25, 0.3) is 0 Å². The van der Waals surface area contributed by atoms with Crippen molar-refractivity contribution in [2.45, 2.75) is 33.1 Å². The molecule has 0 heterocycles. The van der Waals surface area contributed by atoms with Crippen molar-refractivity contribution in [3.05, 3.63) is 65.2 Å². The Morgan fingerprint density at radius 1 is 1.05 bits per heavy atom. The Hall–Kier alpha value is -2.09. The fraction of sp³-hybridized carbons (Fsp3) is 0.316. The Kier molecular flexibility index (Phi) is 5.15. The summed E-state index contributed by atoms with van der Waals surface area (Å²) >= 11 is 0. The zero-order valence-electron chi connectivity index (χ0n) is 13.1. The third-order valence-electron chi connectivity index (χ3n) is 3.80. The van der Waals surface area contributed by atoms with Crippen molar-refractivity contribution in [3.8, 4) is 0 Å². The molecular weight excluding hydrogens is 258 g/mol. The van der Waals surface area contributed by atoms with Gasteiger partial charge in [0.2, 0.25) is 5.91 Å². The van der Waals surface area contributed by atoms with Crippen molar-refractivity contribution in [2.24, 2.45) is 0 Å². The standard InChI is InChI=1S/C19H23NO/c1-15-12-13-16(2)18(14-15)20(3)19(21)11-7-10-17-8-5-4-6-9-17/h4-6,8-9,12-14H,7,10-11H2,1-3H3. The van der Waals surface area contributed by atoms with Crippen molar-refractivity contribution >= 4 is 11.6 Å². The van der Waals surface area contributed by atoms with Crippen molar-refractivity contribution in [3.63, 3.8) is 0 Å². The number of rotatable bonds is 5. The van der Waals surface area contributed by atoms with Crippen LogP contribution in [-0.4, -0.2) is 13.0 Å². The van der Waals surface area contributed by atoms with E-state index in [9.17, 15) is 4.79 Å². The van der Waals surface area contributed by atoms with E-state index in [1.165, 1.54) is 11.1 Å². The van der Waals surface area contributed by atoms with Crippen LogP contribution in [0.1, 0.15) is 29.5 Å². The molecule has 0 atom stereocenters. The van der Waals surface area contributed by atoms with Crippen LogP contribution in [0.5, 0.6) is 0 Å². The molecule has 0 aromatic heterocycles.